The van der Waals surface area contributed by atoms with E-state index in [1.165, 1.54) is 23.5 Å². The predicted molar refractivity (Wildman–Crippen MR) is 102 cm³/mol. The highest BCUT2D eigenvalue weighted by Crippen LogP contribution is 2.28. The first-order valence-electron chi connectivity index (χ1n) is 7.15. The van der Waals surface area contributed by atoms with Crippen LogP contribution >= 0.6 is 27.3 Å². The molecule has 2 aromatic carbocycles. The Morgan fingerprint density at radius 2 is 1.88 bits per heavy atom. The molecule has 122 valence electrons. The number of allylic oxidation sites excluding steroid dienone is 1. The number of rotatable bonds is 4. The normalized spacial score (nSPS) is 11.1. The highest BCUT2D eigenvalue weighted by Gasteiger charge is 2.11. The van der Waals surface area contributed by atoms with Crippen LogP contribution in [0.2, 0.25) is 0 Å². The van der Waals surface area contributed by atoms with Crippen LogP contribution in [-0.4, -0.2) is 9.91 Å². The van der Waals surface area contributed by atoms with Gasteiger partial charge < -0.3 is 0 Å². The summed E-state index contributed by atoms with van der Waals surface area (Å²) in [4.78, 5) is 14.8. The van der Waals surface area contributed by atoms with E-state index < -0.39 is 4.92 Å². The van der Waals surface area contributed by atoms with Crippen molar-refractivity contribution in [1.29, 1.82) is 5.26 Å². The number of hydrogen-bond donors (Lipinski definition) is 0. The molecule has 3 aromatic rings. The lowest BCUT2D eigenvalue weighted by atomic mass is 10.1. The molecule has 7 heteroatoms. The molecule has 5 nitrogen and oxygen atoms in total. The van der Waals surface area contributed by atoms with Gasteiger partial charge in [-0.1, -0.05) is 28.1 Å². The minimum atomic E-state index is -0.439. The molecule has 0 atom stereocenters. The Balaban J connectivity index is 1.90. The molecule has 0 saturated carbocycles. The van der Waals surface area contributed by atoms with Crippen LogP contribution in [0.25, 0.3) is 22.9 Å². The van der Waals surface area contributed by atoms with Crippen LogP contribution in [0.5, 0.6) is 0 Å². The lowest BCUT2D eigenvalue weighted by Gasteiger charge is -1.97. The number of aromatic nitrogens is 1. The summed E-state index contributed by atoms with van der Waals surface area (Å²) in [5, 5.41) is 22.6. The van der Waals surface area contributed by atoms with Crippen LogP contribution in [0.3, 0.4) is 0 Å². The molecule has 0 saturated heterocycles. The number of nitro benzene ring substituents is 1. The SMILES string of the molecule is N#CC(=Cc1ccc(Br)cc1)c1nc(-c2ccc([N+](=O)[O-])cc2)cs1. The molecule has 0 unspecified atom stereocenters. The molecule has 1 aromatic heterocycles. The first kappa shape index (κ1) is 17.0. The molecule has 1 heterocycles. The monoisotopic (exact) mass is 411 g/mol. The number of nitriles is 1. The Morgan fingerprint density at radius 3 is 2.48 bits per heavy atom. The second-order valence-electron chi connectivity index (χ2n) is 5.06. The Labute approximate surface area is 156 Å². The quantitative estimate of drug-likeness (QED) is 0.320. The zero-order valence-electron chi connectivity index (χ0n) is 12.7. The minimum absolute atomic E-state index is 0.0343. The van der Waals surface area contributed by atoms with E-state index in [4.69, 9.17) is 0 Å². The zero-order chi connectivity index (χ0) is 17.8. The maximum Gasteiger partial charge on any atom is 0.269 e. The van der Waals surface area contributed by atoms with Gasteiger partial charge in [0.15, 0.2) is 0 Å². The van der Waals surface area contributed by atoms with Crippen molar-refractivity contribution in [3.05, 3.63) is 79.1 Å². The average molecular weight is 412 g/mol. The Hall–Kier alpha value is -2.82. The lowest BCUT2D eigenvalue weighted by molar-refractivity contribution is -0.384. The molecule has 3 rings (SSSR count). The van der Waals surface area contributed by atoms with Crippen molar-refractivity contribution in [2.24, 2.45) is 0 Å². The van der Waals surface area contributed by atoms with Gasteiger partial charge in [-0.25, -0.2) is 4.98 Å². The summed E-state index contributed by atoms with van der Waals surface area (Å²) in [6.07, 6.45) is 1.78. The first-order chi connectivity index (χ1) is 12.1. The van der Waals surface area contributed by atoms with Gasteiger partial charge in [0.25, 0.3) is 5.69 Å². The van der Waals surface area contributed by atoms with Crippen LogP contribution in [0.15, 0.2) is 58.4 Å². The standard InChI is InChI=1S/C18H10BrN3O2S/c19-15-5-1-12(2-6-15)9-14(10-20)18-21-17(11-25-18)13-3-7-16(8-4-13)22(23)24/h1-9,11H. The van der Waals surface area contributed by atoms with Gasteiger partial charge in [0.1, 0.15) is 11.1 Å². The van der Waals surface area contributed by atoms with Gasteiger partial charge >= 0.3 is 0 Å². The van der Waals surface area contributed by atoms with Crippen LogP contribution in [-0.2, 0) is 0 Å². The minimum Gasteiger partial charge on any atom is -0.258 e. The van der Waals surface area contributed by atoms with E-state index in [0.717, 1.165) is 15.6 Å². The topological polar surface area (TPSA) is 79.8 Å². The van der Waals surface area contributed by atoms with Gasteiger partial charge in [-0.05, 0) is 35.9 Å². The molecule has 0 aliphatic carbocycles. The van der Waals surface area contributed by atoms with Crippen molar-refractivity contribution in [2.45, 2.75) is 0 Å². The summed E-state index contributed by atoms with van der Waals surface area (Å²) < 4.78 is 0.970. The molecular weight excluding hydrogens is 402 g/mol. The third-order valence-electron chi connectivity index (χ3n) is 3.41. The lowest BCUT2D eigenvalue weighted by Crippen LogP contribution is -1.87. The molecule has 0 spiro atoms. The van der Waals surface area contributed by atoms with Crippen molar-refractivity contribution in [3.8, 4) is 17.3 Å². The molecule has 0 aliphatic rings. The Bertz CT molecular complexity index is 986. The number of halogens is 1. The van der Waals surface area contributed by atoms with E-state index in [9.17, 15) is 15.4 Å². The van der Waals surface area contributed by atoms with E-state index in [1.807, 2.05) is 29.6 Å². The van der Waals surface area contributed by atoms with Gasteiger partial charge in [0, 0.05) is 27.5 Å². The Kier molecular flexibility index (Phi) is 5.03. The number of nitro groups is 1. The van der Waals surface area contributed by atoms with E-state index in [1.54, 1.807) is 18.2 Å². The maximum absolute atomic E-state index is 10.7. The van der Waals surface area contributed by atoms with Gasteiger partial charge in [0.2, 0.25) is 0 Å². The molecule has 0 bridgehead atoms. The fourth-order valence-corrected chi connectivity index (χ4v) is 3.21. The molecule has 25 heavy (non-hydrogen) atoms. The van der Waals surface area contributed by atoms with E-state index in [0.29, 0.717) is 16.3 Å². The van der Waals surface area contributed by atoms with Gasteiger partial charge in [-0.2, -0.15) is 5.26 Å². The summed E-state index contributed by atoms with van der Waals surface area (Å²) in [7, 11) is 0. The summed E-state index contributed by atoms with van der Waals surface area (Å²) in [5.41, 5.74) is 2.88. The van der Waals surface area contributed by atoms with Crippen LogP contribution in [0, 0.1) is 21.4 Å². The molecule has 0 N–H and O–H groups in total. The third-order valence-corrected chi connectivity index (χ3v) is 4.81. The molecular formula is C18H10BrN3O2S. The maximum atomic E-state index is 10.7. The van der Waals surface area contributed by atoms with E-state index >= 15 is 0 Å². The first-order valence-corrected chi connectivity index (χ1v) is 8.82. The highest BCUT2D eigenvalue weighted by molar-refractivity contribution is 9.10. The molecule has 0 aliphatic heterocycles. The van der Waals surface area contributed by atoms with Crippen molar-refractivity contribution in [1.82, 2.24) is 4.98 Å². The molecule has 0 fully saturated rings. The second kappa shape index (κ2) is 7.38. The number of nitrogens with zero attached hydrogens (tertiary/aromatic N) is 3. The summed E-state index contributed by atoms with van der Waals surface area (Å²) >= 11 is 4.74. The van der Waals surface area contributed by atoms with Crippen molar-refractivity contribution < 1.29 is 4.92 Å². The summed E-state index contributed by atoms with van der Waals surface area (Å²) in [6.45, 7) is 0. The number of non-ortho nitro benzene ring substituents is 1. The zero-order valence-corrected chi connectivity index (χ0v) is 15.1. The van der Waals surface area contributed by atoms with Gasteiger partial charge in [-0.3, -0.25) is 10.1 Å². The number of hydrogen-bond acceptors (Lipinski definition) is 5. The Morgan fingerprint density at radius 1 is 1.20 bits per heavy atom. The van der Waals surface area contributed by atoms with Crippen molar-refractivity contribution in [2.75, 3.05) is 0 Å². The summed E-state index contributed by atoms with van der Waals surface area (Å²) in [5.74, 6) is 0. The number of thiazole rings is 1. The van der Waals surface area contributed by atoms with Crippen molar-refractivity contribution in [3.63, 3.8) is 0 Å². The van der Waals surface area contributed by atoms with Gasteiger partial charge in [0.05, 0.1) is 16.2 Å². The predicted octanol–water partition coefficient (Wildman–Crippen LogP) is 5.54. The average Bonchev–Trinajstić information content (AvgIpc) is 3.11. The molecule has 0 radical (unpaired) electrons. The largest absolute Gasteiger partial charge is 0.269 e. The van der Waals surface area contributed by atoms with Crippen LogP contribution < -0.4 is 0 Å². The summed E-state index contributed by atoms with van der Waals surface area (Å²) in [6, 6.07) is 16.0. The second-order valence-corrected chi connectivity index (χ2v) is 6.84. The van der Waals surface area contributed by atoms with Crippen molar-refractivity contribution >= 4 is 44.6 Å². The smallest absolute Gasteiger partial charge is 0.258 e. The van der Waals surface area contributed by atoms with Gasteiger partial charge in [-0.15, -0.1) is 11.3 Å². The number of benzene rings is 2. The fourth-order valence-electron chi connectivity index (χ4n) is 2.15. The highest BCUT2D eigenvalue weighted by atomic mass is 79.9. The third kappa shape index (κ3) is 3.99. The molecule has 0 amide bonds. The van der Waals surface area contributed by atoms with E-state index in [-0.39, 0.29) is 5.69 Å². The van der Waals surface area contributed by atoms with E-state index in [2.05, 4.69) is 27.0 Å². The fraction of sp³-hybridized carbons (Fsp3) is 0. The van der Waals surface area contributed by atoms with Crippen LogP contribution in [0.1, 0.15) is 10.6 Å². The van der Waals surface area contributed by atoms with Crippen LogP contribution in [0.4, 0.5) is 5.69 Å².